The Labute approximate surface area is 223 Å². The fourth-order valence-corrected chi connectivity index (χ4v) is 5.02. The lowest BCUT2D eigenvalue weighted by atomic mass is 9.70. The summed E-state index contributed by atoms with van der Waals surface area (Å²) >= 11 is 0. The lowest BCUT2D eigenvalue weighted by Gasteiger charge is -2.48. The lowest BCUT2D eigenvalue weighted by Crippen LogP contribution is -2.65. The van der Waals surface area contributed by atoms with Crippen LogP contribution in [0.1, 0.15) is 23.6 Å². The normalized spacial score (nSPS) is 27.9. The molecule has 1 aromatic carbocycles. The molecule has 0 spiro atoms. The predicted octanol–water partition coefficient (Wildman–Crippen LogP) is 3.73. The zero-order valence-corrected chi connectivity index (χ0v) is 22.2. The van der Waals surface area contributed by atoms with Gasteiger partial charge in [0.1, 0.15) is 0 Å². The van der Waals surface area contributed by atoms with Crippen LogP contribution in [0.4, 0.5) is 26.3 Å². The highest BCUT2D eigenvalue weighted by molar-refractivity contribution is 7.86. The van der Waals surface area contributed by atoms with Crippen molar-refractivity contribution in [3.63, 3.8) is 0 Å². The number of nitrogens with zero attached hydrogens (tertiary/aromatic N) is 3. The molecule has 2 aromatic rings. The Balaban J connectivity index is 2.19. The van der Waals surface area contributed by atoms with Gasteiger partial charge in [-0.2, -0.15) is 12.8 Å². The third-order valence-corrected chi connectivity index (χ3v) is 6.67. The van der Waals surface area contributed by atoms with E-state index in [1.807, 2.05) is 0 Å². The Bertz CT molecular complexity index is 1540. The van der Waals surface area contributed by atoms with Crippen LogP contribution in [0, 0.1) is 0 Å². The summed E-state index contributed by atoms with van der Waals surface area (Å²) in [7, 11) is -1.62. The van der Waals surface area contributed by atoms with Gasteiger partial charge in [-0.15, -0.1) is 10.2 Å². The SMILES string of the molecule is CCOc1cc2c(cc1OC)C(c1cc(OC)nnc1OC)=N[C@]1(F)C(F)=C(F)[C@@](F)(OS(C)(=O)=O)C(F)[C@]21F. The van der Waals surface area contributed by atoms with Gasteiger partial charge in [-0.3, -0.25) is 0 Å². The molecule has 40 heavy (non-hydrogen) atoms. The van der Waals surface area contributed by atoms with Crippen LogP contribution in [-0.2, 0) is 20.0 Å². The second-order valence-electron chi connectivity index (χ2n) is 8.51. The number of methoxy groups -OCH3 is 3. The minimum absolute atomic E-state index is 0.0817. The summed E-state index contributed by atoms with van der Waals surface area (Å²) in [5.74, 6) is -16.6. The number of alkyl halides is 4. The summed E-state index contributed by atoms with van der Waals surface area (Å²) in [6.07, 6.45) is -3.99. The zero-order chi connectivity index (χ0) is 29.8. The van der Waals surface area contributed by atoms with Crippen molar-refractivity contribution in [1.29, 1.82) is 0 Å². The first-order valence-electron chi connectivity index (χ1n) is 11.2. The van der Waals surface area contributed by atoms with Crippen LogP contribution in [0.3, 0.4) is 0 Å². The number of hydrogen-bond acceptors (Lipinski definition) is 10. The van der Waals surface area contributed by atoms with E-state index in [-0.39, 0.29) is 41.7 Å². The van der Waals surface area contributed by atoms with Crippen LogP contribution in [0.2, 0.25) is 0 Å². The molecule has 218 valence electrons. The quantitative estimate of drug-likeness (QED) is 0.255. The van der Waals surface area contributed by atoms with Gasteiger partial charge in [0.25, 0.3) is 15.9 Å². The summed E-state index contributed by atoms with van der Waals surface area (Å²) in [5.41, 5.74) is -7.27. The number of ether oxygens (including phenoxy) is 4. The van der Waals surface area contributed by atoms with Crippen molar-refractivity contribution in [3.05, 3.63) is 46.5 Å². The minimum Gasteiger partial charge on any atom is -0.493 e. The molecule has 0 radical (unpaired) electrons. The Hall–Kier alpha value is -3.60. The van der Waals surface area contributed by atoms with Crippen molar-refractivity contribution < 1.29 is 57.9 Å². The molecule has 17 heteroatoms. The highest BCUT2D eigenvalue weighted by atomic mass is 32.2. The molecule has 1 aliphatic heterocycles. The van der Waals surface area contributed by atoms with E-state index in [9.17, 15) is 12.8 Å². The van der Waals surface area contributed by atoms with Crippen LogP contribution in [0.5, 0.6) is 23.3 Å². The van der Waals surface area contributed by atoms with Crippen LogP contribution in [0.15, 0.2) is 34.8 Å². The van der Waals surface area contributed by atoms with Crippen molar-refractivity contribution in [2.75, 3.05) is 34.2 Å². The standard InChI is InChI=1S/C23H21F6N3O7S/c1-6-38-14-9-12-10(7-13(14)35-2)16(11-8-15(36-3)31-32-19(11)37-4)30-23(29)18(25)17(24)22(28,39-40(5,33)34)20(26)21(12,23)27/h7-9,20H,6H2,1-5H3/t20?,21-,22-,23-/m1/s1. The number of rotatable bonds is 8. The molecule has 0 amide bonds. The van der Waals surface area contributed by atoms with Gasteiger partial charge in [-0.1, -0.05) is 0 Å². The van der Waals surface area contributed by atoms with Crippen molar-refractivity contribution in [1.82, 2.24) is 10.2 Å². The van der Waals surface area contributed by atoms with Gasteiger partial charge in [-0.05, 0) is 19.1 Å². The molecule has 1 aromatic heterocycles. The van der Waals surface area contributed by atoms with Crippen LogP contribution in [-0.4, -0.2) is 76.3 Å². The number of aliphatic imine (C=N–C) groups is 1. The van der Waals surface area contributed by atoms with E-state index < -0.39 is 62.1 Å². The monoisotopic (exact) mass is 597 g/mol. The van der Waals surface area contributed by atoms with E-state index in [0.717, 1.165) is 19.2 Å². The van der Waals surface area contributed by atoms with Crippen LogP contribution < -0.4 is 18.9 Å². The van der Waals surface area contributed by atoms with Gasteiger partial charge in [0, 0.05) is 17.2 Å². The first kappa shape index (κ1) is 29.4. The van der Waals surface area contributed by atoms with E-state index >= 15 is 22.0 Å². The molecule has 1 unspecified atom stereocenters. The molecule has 4 atom stereocenters. The van der Waals surface area contributed by atoms with Crippen LogP contribution >= 0.6 is 0 Å². The van der Waals surface area contributed by atoms with E-state index in [2.05, 4.69) is 19.4 Å². The summed E-state index contributed by atoms with van der Waals surface area (Å²) in [6, 6.07) is 2.73. The van der Waals surface area contributed by atoms with Crippen molar-refractivity contribution in [2.45, 2.75) is 30.4 Å². The smallest absolute Gasteiger partial charge is 0.314 e. The molecule has 0 bridgehead atoms. The number of aromatic nitrogens is 2. The fourth-order valence-electron chi connectivity index (χ4n) is 4.42. The molecule has 4 rings (SSSR count). The van der Waals surface area contributed by atoms with E-state index in [4.69, 9.17) is 18.9 Å². The Morgan fingerprint density at radius 3 is 2.15 bits per heavy atom. The van der Waals surface area contributed by atoms with Crippen LogP contribution in [0.25, 0.3) is 0 Å². The number of benzene rings is 1. The van der Waals surface area contributed by atoms with Crippen molar-refractivity contribution in [3.8, 4) is 23.3 Å². The van der Waals surface area contributed by atoms with Gasteiger partial charge in [0.15, 0.2) is 11.5 Å². The fraction of sp³-hybridized carbons (Fsp3) is 0.435. The van der Waals surface area contributed by atoms with Gasteiger partial charge >= 0.3 is 5.85 Å². The largest absolute Gasteiger partial charge is 0.493 e. The molecular formula is C23H21F6N3O7S. The molecule has 1 aliphatic carbocycles. The third kappa shape index (κ3) is 4.13. The molecule has 10 nitrogen and oxygen atoms in total. The molecule has 2 aliphatic rings. The molecule has 0 saturated heterocycles. The topological polar surface area (TPSA) is 118 Å². The molecular weight excluding hydrogens is 576 g/mol. The maximum absolute atomic E-state index is 17.0. The highest BCUT2D eigenvalue weighted by Gasteiger charge is 2.78. The Morgan fingerprint density at radius 2 is 1.60 bits per heavy atom. The van der Waals surface area contributed by atoms with Crippen molar-refractivity contribution >= 4 is 15.8 Å². The Morgan fingerprint density at radius 1 is 0.925 bits per heavy atom. The first-order chi connectivity index (χ1) is 18.6. The summed E-state index contributed by atoms with van der Waals surface area (Å²) in [4.78, 5) is 3.39. The maximum atomic E-state index is 17.0. The Kier molecular flexibility index (Phi) is 7.19. The number of halogens is 6. The van der Waals surface area contributed by atoms with Gasteiger partial charge in [0.2, 0.25) is 35.3 Å². The van der Waals surface area contributed by atoms with Gasteiger partial charge in [0.05, 0.1) is 45.5 Å². The average molecular weight is 597 g/mol. The van der Waals surface area contributed by atoms with E-state index in [0.29, 0.717) is 6.07 Å². The van der Waals surface area contributed by atoms with Gasteiger partial charge in [-0.25, -0.2) is 31.1 Å². The second kappa shape index (κ2) is 9.79. The zero-order valence-electron chi connectivity index (χ0n) is 21.4. The molecule has 2 heterocycles. The summed E-state index contributed by atoms with van der Waals surface area (Å²) in [6.45, 7) is 1.42. The summed E-state index contributed by atoms with van der Waals surface area (Å²) in [5, 5.41) is 7.38. The van der Waals surface area contributed by atoms with Crippen molar-refractivity contribution in [2.24, 2.45) is 4.99 Å². The summed E-state index contributed by atoms with van der Waals surface area (Å²) < 4.78 is 143. The number of fused-ring (bicyclic) bond motifs is 3. The predicted molar refractivity (Wildman–Crippen MR) is 125 cm³/mol. The molecule has 0 saturated carbocycles. The van der Waals surface area contributed by atoms with E-state index in [1.165, 1.54) is 21.1 Å². The average Bonchev–Trinajstić information content (AvgIpc) is 2.91. The minimum atomic E-state index is -5.10. The molecule has 0 N–H and O–H groups in total. The first-order valence-corrected chi connectivity index (χ1v) is 13.0. The molecule has 0 fully saturated rings. The maximum Gasteiger partial charge on any atom is 0.314 e. The van der Waals surface area contributed by atoms with E-state index in [1.54, 1.807) is 0 Å². The highest BCUT2D eigenvalue weighted by Crippen LogP contribution is 2.63. The third-order valence-electron chi connectivity index (χ3n) is 6.12. The number of hydrogen-bond donors (Lipinski definition) is 0. The van der Waals surface area contributed by atoms with Gasteiger partial charge < -0.3 is 18.9 Å². The lowest BCUT2D eigenvalue weighted by molar-refractivity contribution is -0.208. The second-order valence-corrected chi connectivity index (χ2v) is 10.1.